The fourth-order valence-corrected chi connectivity index (χ4v) is 1.65. The molecule has 0 aliphatic heterocycles. The summed E-state index contributed by atoms with van der Waals surface area (Å²) in [7, 11) is 0. The highest BCUT2D eigenvalue weighted by Crippen LogP contribution is 2.32. The Morgan fingerprint density at radius 2 is 1.67 bits per heavy atom. The van der Waals surface area contributed by atoms with E-state index in [-0.39, 0.29) is 5.54 Å². The van der Waals surface area contributed by atoms with Crippen LogP contribution in [-0.2, 0) is 0 Å². The first kappa shape index (κ1) is 7.07. The maximum atomic E-state index is 7.73. The van der Waals surface area contributed by atoms with E-state index < -0.39 is 0 Å². The van der Waals surface area contributed by atoms with Crippen molar-refractivity contribution in [2.75, 3.05) is 0 Å². The lowest BCUT2D eigenvalue weighted by Gasteiger charge is -2.24. The van der Waals surface area contributed by atoms with E-state index in [2.05, 4.69) is 0 Å². The molecule has 1 aliphatic carbocycles. The van der Waals surface area contributed by atoms with Gasteiger partial charge in [0.15, 0.2) is 0 Å². The van der Waals surface area contributed by atoms with Gasteiger partial charge in [0.1, 0.15) is 0 Å². The number of hydrogen-bond donors (Lipinski definition) is 0. The van der Waals surface area contributed by atoms with Gasteiger partial charge in [-0.25, -0.2) is 0 Å². The molecule has 0 atom stereocenters. The summed E-state index contributed by atoms with van der Waals surface area (Å²) < 4.78 is 0. The molecule has 0 amide bonds. The average molecular weight is 126 g/mol. The zero-order valence-electron chi connectivity index (χ0n) is 6.41. The topological polar surface area (TPSA) is 23.8 Å². The Balaban J connectivity index is 2.42. The van der Waals surface area contributed by atoms with E-state index in [1.807, 2.05) is 13.8 Å². The quantitative estimate of drug-likeness (QED) is 0.514. The van der Waals surface area contributed by atoms with Crippen LogP contribution in [0.2, 0.25) is 0 Å². The van der Waals surface area contributed by atoms with Gasteiger partial charge in [-0.15, -0.1) is 0 Å². The van der Waals surface area contributed by atoms with Crippen LogP contribution in [0.15, 0.2) is 0 Å². The lowest BCUT2D eigenvalue weighted by atomic mass is 9.87. The molecule has 1 fully saturated rings. The summed E-state index contributed by atoms with van der Waals surface area (Å²) in [5, 5.41) is 0. The number of rotatable bonds is 1. The standard InChI is InChI=1S/C8H16N/c1-8(2,9)7-5-3-4-6-7/h7,9H,3-6H2,1-2H3. The largest absolute Gasteiger partial charge is 0.251 e. The van der Waals surface area contributed by atoms with E-state index in [1.54, 1.807) is 0 Å². The van der Waals surface area contributed by atoms with Crippen molar-refractivity contribution in [2.24, 2.45) is 5.92 Å². The van der Waals surface area contributed by atoms with Crippen LogP contribution in [0.5, 0.6) is 0 Å². The normalized spacial score (nSPS) is 23.0. The molecule has 0 heterocycles. The van der Waals surface area contributed by atoms with Gasteiger partial charge < -0.3 is 0 Å². The Hall–Kier alpha value is -0.0400. The Bertz CT molecular complexity index is 85.2. The summed E-state index contributed by atoms with van der Waals surface area (Å²) in [5.74, 6) is 0.678. The van der Waals surface area contributed by atoms with Gasteiger partial charge in [-0.1, -0.05) is 12.8 Å². The summed E-state index contributed by atoms with van der Waals surface area (Å²) in [4.78, 5) is 0. The van der Waals surface area contributed by atoms with Crippen LogP contribution in [0.1, 0.15) is 39.5 Å². The monoisotopic (exact) mass is 126 g/mol. The summed E-state index contributed by atoms with van der Waals surface area (Å²) >= 11 is 0. The average Bonchev–Trinajstić information content (AvgIpc) is 2.08. The summed E-state index contributed by atoms with van der Waals surface area (Å²) in [6.45, 7) is 4.06. The molecule has 0 aromatic rings. The third-order valence-electron chi connectivity index (χ3n) is 2.38. The van der Waals surface area contributed by atoms with Gasteiger partial charge >= 0.3 is 0 Å². The van der Waals surface area contributed by atoms with Crippen LogP contribution in [-0.4, -0.2) is 5.54 Å². The van der Waals surface area contributed by atoms with Crippen molar-refractivity contribution in [3.8, 4) is 0 Å². The van der Waals surface area contributed by atoms with Gasteiger partial charge in [-0.05, 0) is 32.6 Å². The Kier molecular flexibility index (Phi) is 1.80. The summed E-state index contributed by atoms with van der Waals surface area (Å²) in [6.07, 6.45) is 5.28. The Morgan fingerprint density at radius 1 is 1.22 bits per heavy atom. The van der Waals surface area contributed by atoms with Gasteiger partial charge in [0, 0.05) is 5.54 Å². The smallest absolute Gasteiger partial charge is 0.0295 e. The third kappa shape index (κ3) is 1.68. The highest BCUT2D eigenvalue weighted by atomic mass is 14.7. The molecule has 53 valence electrons. The van der Waals surface area contributed by atoms with E-state index in [9.17, 15) is 0 Å². The minimum atomic E-state index is -0.170. The second-order valence-electron chi connectivity index (χ2n) is 3.70. The zero-order valence-corrected chi connectivity index (χ0v) is 6.41. The molecule has 1 saturated carbocycles. The van der Waals surface area contributed by atoms with E-state index in [4.69, 9.17) is 5.73 Å². The second-order valence-corrected chi connectivity index (χ2v) is 3.70. The fourth-order valence-electron chi connectivity index (χ4n) is 1.65. The molecule has 1 aliphatic rings. The fraction of sp³-hybridized carbons (Fsp3) is 1.00. The maximum Gasteiger partial charge on any atom is 0.0295 e. The molecule has 0 spiro atoms. The van der Waals surface area contributed by atoms with Crippen LogP contribution in [0.4, 0.5) is 0 Å². The van der Waals surface area contributed by atoms with E-state index >= 15 is 0 Å². The predicted octanol–water partition coefficient (Wildman–Crippen LogP) is 2.24. The van der Waals surface area contributed by atoms with Crippen LogP contribution in [0.25, 0.3) is 0 Å². The molecular weight excluding hydrogens is 110 g/mol. The van der Waals surface area contributed by atoms with Crippen LogP contribution in [0, 0.1) is 5.92 Å². The van der Waals surface area contributed by atoms with Gasteiger partial charge in [0.2, 0.25) is 0 Å². The molecular formula is C8H16N. The highest BCUT2D eigenvalue weighted by Gasteiger charge is 2.28. The lowest BCUT2D eigenvalue weighted by molar-refractivity contribution is 0.317. The van der Waals surface area contributed by atoms with Gasteiger partial charge in [0.25, 0.3) is 0 Å². The molecule has 0 aromatic carbocycles. The lowest BCUT2D eigenvalue weighted by Crippen LogP contribution is -2.30. The van der Waals surface area contributed by atoms with Gasteiger partial charge in [-0.3, -0.25) is 5.73 Å². The Labute approximate surface area is 57.6 Å². The molecule has 9 heavy (non-hydrogen) atoms. The molecule has 0 aromatic heterocycles. The van der Waals surface area contributed by atoms with Crippen LogP contribution >= 0.6 is 0 Å². The molecule has 1 N–H and O–H groups in total. The van der Waals surface area contributed by atoms with E-state index in [0.29, 0.717) is 5.92 Å². The molecule has 1 rings (SSSR count). The van der Waals surface area contributed by atoms with Crippen LogP contribution < -0.4 is 5.73 Å². The Morgan fingerprint density at radius 3 is 1.89 bits per heavy atom. The SMILES string of the molecule is CC(C)([NH])C1CCCC1. The molecule has 0 bridgehead atoms. The first-order valence-corrected chi connectivity index (χ1v) is 3.86. The zero-order chi connectivity index (χ0) is 6.91. The number of hydrogen-bond acceptors (Lipinski definition) is 0. The summed E-state index contributed by atoms with van der Waals surface area (Å²) in [5.41, 5.74) is 7.56. The molecule has 0 unspecified atom stereocenters. The number of nitrogens with one attached hydrogen (secondary N) is 1. The molecule has 1 heteroatoms. The predicted molar refractivity (Wildman–Crippen MR) is 39.1 cm³/mol. The minimum Gasteiger partial charge on any atom is -0.251 e. The van der Waals surface area contributed by atoms with E-state index in [0.717, 1.165) is 0 Å². The first-order valence-electron chi connectivity index (χ1n) is 3.86. The van der Waals surface area contributed by atoms with Crippen molar-refractivity contribution in [2.45, 2.75) is 45.1 Å². The van der Waals surface area contributed by atoms with E-state index in [1.165, 1.54) is 25.7 Å². The third-order valence-corrected chi connectivity index (χ3v) is 2.38. The second kappa shape index (κ2) is 2.30. The van der Waals surface area contributed by atoms with Gasteiger partial charge in [-0.2, -0.15) is 0 Å². The molecule has 1 nitrogen and oxygen atoms in total. The highest BCUT2D eigenvalue weighted by molar-refractivity contribution is 4.84. The van der Waals surface area contributed by atoms with Crippen molar-refractivity contribution < 1.29 is 0 Å². The van der Waals surface area contributed by atoms with Crippen molar-refractivity contribution in [1.29, 1.82) is 0 Å². The summed E-state index contributed by atoms with van der Waals surface area (Å²) in [6, 6.07) is 0. The maximum absolute atomic E-state index is 7.73. The first-order chi connectivity index (χ1) is 4.11. The van der Waals surface area contributed by atoms with Gasteiger partial charge in [0.05, 0.1) is 0 Å². The molecule has 0 saturated heterocycles. The van der Waals surface area contributed by atoms with Crippen molar-refractivity contribution in [1.82, 2.24) is 5.73 Å². The van der Waals surface area contributed by atoms with Crippen molar-refractivity contribution >= 4 is 0 Å². The van der Waals surface area contributed by atoms with Crippen molar-refractivity contribution in [3.05, 3.63) is 0 Å². The minimum absolute atomic E-state index is 0.170. The van der Waals surface area contributed by atoms with Crippen LogP contribution in [0.3, 0.4) is 0 Å². The van der Waals surface area contributed by atoms with Crippen molar-refractivity contribution in [3.63, 3.8) is 0 Å². The molecule has 1 radical (unpaired) electrons.